The zero-order chi connectivity index (χ0) is 14.9. The molecule has 1 heterocycles. The van der Waals surface area contributed by atoms with Crippen LogP contribution in [0, 0.1) is 6.92 Å². The van der Waals surface area contributed by atoms with Crippen molar-refractivity contribution in [2.24, 2.45) is 0 Å². The van der Waals surface area contributed by atoms with Crippen LogP contribution in [0.5, 0.6) is 0 Å². The van der Waals surface area contributed by atoms with Gasteiger partial charge in [-0.15, -0.1) is 0 Å². The summed E-state index contributed by atoms with van der Waals surface area (Å²) in [6, 6.07) is 2.45. The maximum atomic E-state index is 12.6. The van der Waals surface area contributed by atoms with Gasteiger partial charge >= 0.3 is 12.1 Å². The second-order valence-corrected chi connectivity index (χ2v) is 4.59. The number of alkyl halides is 3. The first kappa shape index (κ1) is 14.3. The molecule has 0 atom stereocenters. The van der Waals surface area contributed by atoms with Gasteiger partial charge in [-0.25, -0.2) is 9.78 Å². The number of hydrogen-bond acceptors (Lipinski definition) is 5. The zero-order valence-electron chi connectivity index (χ0n) is 10.0. The van der Waals surface area contributed by atoms with Gasteiger partial charge in [0.1, 0.15) is 5.82 Å². The lowest BCUT2D eigenvalue weighted by atomic mass is 10.1. The lowest BCUT2D eigenvalue weighted by Crippen LogP contribution is -2.09. The number of hydrogen-bond donors (Lipinski definition) is 2. The van der Waals surface area contributed by atoms with Gasteiger partial charge < -0.3 is 10.4 Å². The molecule has 0 aliphatic heterocycles. The van der Waals surface area contributed by atoms with Gasteiger partial charge in [-0.05, 0) is 25.1 Å². The molecule has 0 aliphatic rings. The van der Waals surface area contributed by atoms with E-state index in [9.17, 15) is 18.0 Å². The van der Waals surface area contributed by atoms with Gasteiger partial charge in [-0.1, -0.05) is 0 Å². The van der Waals surface area contributed by atoms with Crippen LogP contribution >= 0.6 is 11.5 Å². The van der Waals surface area contributed by atoms with E-state index in [1.54, 1.807) is 6.92 Å². The van der Waals surface area contributed by atoms with Crippen molar-refractivity contribution in [1.82, 2.24) is 9.36 Å². The van der Waals surface area contributed by atoms with Crippen LogP contribution < -0.4 is 5.32 Å². The number of rotatable bonds is 3. The van der Waals surface area contributed by atoms with E-state index in [2.05, 4.69) is 14.7 Å². The number of carboxylic acids is 1. The minimum Gasteiger partial charge on any atom is -0.478 e. The number of aromatic nitrogens is 2. The van der Waals surface area contributed by atoms with Gasteiger partial charge in [0, 0.05) is 11.5 Å². The molecule has 20 heavy (non-hydrogen) atoms. The van der Waals surface area contributed by atoms with Crippen LogP contribution in [0.2, 0.25) is 0 Å². The molecular formula is C11H8F3N3O2S. The first-order valence-electron chi connectivity index (χ1n) is 5.29. The Balaban J connectivity index is 2.40. The van der Waals surface area contributed by atoms with Crippen LogP contribution in [0.15, 0.2) is 18.2 Å². The summed E-state index contributed by atoms with van der Waals surface area (Å²) in [6.07, 6.45) is -4.60. The van der Waals surface area contributed by atoms with Crippen LogP contribution in [-0.4, -0.2) is 20.4 Å². The average Bonchev–Trinajstić information content (AvgIpc) is 2.73. The van der Waals surface area contributed by atoms with Gasteiger partial charge in [-0.2, -0.15) is 17.5 Å². The normalized spacial score (nSPS) is 11.4. The summed E-state index contributed by atoms with van der Waals surface area (Å²) < 4.78 is 41.6. The molecule has 5 nitrogen and oxygen atoms in total. The van der Waals surface area contributed by atoms with Gasteiger partial charge in [0.2, 0.25) is 5.13 Å². The van der Waals surface area contributed by atoms with E-state index in [0.717, 1.165) is 23.7 Å². The number of nitrogens with one attached hydrogen (secondary N) is 1. The van der Waals surface area contributed by atoms with E-state index in [0.29, 0.717) is 17.0 Å². The number of carbonyl (C=O) groups is 1. The molecule has 2 aromatic rings. The molecule has 0 radical (unpaired) electrons. The van der Waals surface area contributed by atoms with Crippen molar-refractivity contribution < 1.29 is 23.1 Å². The number of aryl methyl sites for hydroxylation is 1. The number of benzene rings is 1. The van der Waals surface area contributed by atoms with Crippen LogP contribution in [0.4, 0.5) is 24.0 Å². The Kier molecular flexibility index (Phi) is 3.62. The summed E-state index contributed by atoms with van der Waals surface area (Å²) in [7, 11) is 0. The largest absolute Gasteiger partial charge is 0.478 e. The summed E-state index contributed by atoms with van der Waals surface area (Å²) in [5.41, 5.74) is -1.47. The molecule has 9 heteroatoms. The summed E-state index contributed by atoms with van der Waals surface area (Å²) in [6.45, 7) is 1.65. The van der Waals surface area contributed by atoms with E-state index in [1.165, 1.54) is 0 Å². The highest BCUT2D eigenvalue weighted by Crippen LogP contribution is 2.32. The molecule has 0 amide bonds. The maximum absolute atomic E-state index is 12.6. The van der Waals surface area contributed by atoms with Crippen molar-refractivity contribution in [3.05, 3.63) is 35.2 Å². The van der Waals surface area contributed by atoms with Gasteiger partial charge in [0.15, 0.2) is 0 Å². The van der Waals surface area contributed by atoms with E-state index in [4.69, 9.17) is 5.11 Å². The quantitative estimate of drug-likeness (QED) is 0.910. The van der Waals surface area contributed by atoms with Crippen LogP contribution in [0.25, 0.3) is 0 Å². The van der Waals surface area contributed by atoms with Crippen molar-refractivity contribution in [2.75, 3.05) is 5.32 Å². The molecule has 0 bridgehead atoms. The topological polar surface area (TPSA) is 75.1 Å². The molecule has 0 spiro atoms. The Labute approximate surface area is 115 Å². The Bertz CT molecular complexity index is 655. The van der Waals surface area contributed by atoms with Crippen LogP contribution in [-0.2, 0) is 6.18 Å². The Hall–Kier alpha value is -2.16. The zero-order valence-corrected chi connectivity index (χ0v) is 10.8. The number of anilines is 2. The fraction of sp³-hybridized carbons (Fsp3) is 0.182. The summed E-state index contributed by atoms with van der Waals surface area (Å²) in [5, 5.41) is 12.0. The number of aromatic carboxylic acids is 1. The molecule has 2 rings (SSSR count). The fourth-order valence-corrected chi connectivity index (χ4v) is 2.06. The number of carboxylic acid groups (broad SMARTS) is 1. The highest BCUT2D eigenvalue weighted by Gasteiger charge is 2.31. The van der Waals surface area contributed by atoms with Crippen LogP contribution in [0.1, 0.15) is 21.7 Å². The van der Waals surface area contributed by atoms with Crippen molar-refractivity contribution in [3.8, 4) is 0 Å². The van der Waals surface area contributed by atoms with E-state index in [1.807, 2.05) is 0 Å². The third-order valence-electron chi connectivity index (χ3n) is 2.35. The van der Waals surface area contributed by atoms with Crippen molar-refractivity contribution in [3.63, 3.8) is 0 Å². The predicted molar refractivity (Wildman–Crippen MR) is 66.3 cm³/mol. The molecule has 0 aliphatic carbocycles. The van der Waals surface area contributed by atoms with Gasteiger partial charge in [0.05, 0.1) is 16.8 Å². The Morgan fingerprint density at radius 2 is 2.10 bits per heavy atom. The molecule has 2 N–H and O–H groups in total. The lowest BCUT2D eigenvalue weighted by Gasteiger charge is -2.11. The SMILES string of the molecule is Cc1nsc(Nc2ccc(C(F)(F)F)cc2C(=O)O)n1. The summed E-state index contributed by atoms with van der Waals surface area (Å²) in [4.78, 5) is 15.0. The van der Waals surface area contributed by atoms with E-state index >= 15 is 0 Å². The third kappa shape index (κ3) is 3.05. The highest BCUT2D eigenvalue weighted by atomic mass is 32.1. The van der Waals surface area contributed by atoms with E-state index < -0.39 is 23.3 Å². The highest BCUT2D eigenvalue weighted by molar-refractivity contribution is 7.09. The maximum Gasteiger partial charge on any atom is 0.416 e. The minimum absolute atomic E-state index is 0.0293. The van der Waals surface area contributed by atoms with Crippen molar-refractivity contribution >= 4 is 28.3 Å². The van der Waals surface area contributed by atoms with Gasteiger partial charge in [-0.3, -0.25) is 0 Å². The second-order valence-electron chi connectivity index (χ2n) is 3.84. The monoisotopic (exact) mass is 303 g/mol. The Morgan fingerprint density at radius 1 is 1.40 bits per heavy atom. The van der Waals surface area contributed by atoms with Gasteiger partial charge in [0.25, 0.3) is 0 Å². The average molecular weight is 303 g/mol. The molecule has 0 fully saturated rings. The smallest absolute Gasteiger partial charge is 0.416 e. The second kappa shape index (κ2) is 5.08. The van der Waals surface area contributed by atoms with E-state index in [-0.39, 0.29) is 5.69 Å². The first-order valence-corrected chi connectivity index (χ1v) is 6.06. The number of nitrogens with zero attached hydrogens (tertiary/aromatic N) is 2. The van der Waals surface area contributed by atoms with Crippen molar-refractivity contribution in [2.45, 2.75) is 13.1 Å². The number of halogens is 3. The molecule has 1 aromatic carbocycles. The molecular weight excluding hydrogens is 295 g/mol. The van der Waals surface area contributed by atoms with Crippen molar-refractivity contribution in [1.29, 1.82) is 0 Å². The summed E-state index contributed by atoms with van der Waals surface area (Å²) in [5.74, 6) is -0.971. The van der Waals surface area contributed by atoms with Crippen LogP contribution in [0.3, 0.4) is 0 Å². The molecule has 1 aromatic heterocycles. The minimum atomic E-state index is -4.60. The fourth-order valence-electron chi connectivity index (χ4n) is 1.47. The standard InChI is InChI=1S/C11H8F3N3O2S/c1-5-15-10(20-17-5)16-8-3-2-6(11(12,13)14)4-7(8)9(18)19/h2-4H,1H3,(H,18,19)(H,15,16,17). The third-order valence-corrected chi connectivity index (χ3v) is 3.07. The molecule has 0 saturated heterocycles. The predicted octanol–water partition coefficient (Wildman–Crippen LogP) is 3.31. The first-order chi connectivity index (χ1) is 9.27. The lowest BCUT2D eigenvalue weighted by molar-refractivity contribution is -0.137. The molecule has 0 saturated carbocycles. The Morgan fingerprint density at radius 3 is 2.60 bits per heavy atom. The summed E-state index contributed by atoms with van der Waals surface area (Å²) >= 11 is 0.987. The molecule has 106 valence electrons. The molecule has 0 unspecified atom stereocenters.